The highest BCUT2D eigenvalue weighted by Gasteiger charge is 2.34. The number of anilines is 1. The number of rotatable bonds is 6. The number of alkyl halides is 3. The van der Waals surface area contributed by atoms with Crippen LogP contribution in [0.4, 0.5) is 18.9 Å². The van der Waals surface area contributed by atoms with Gasteiger partial charge in [-0.25, -0.2) is 5.32 Å². The molecule has 2 heterocycles. The molecule has 0 spiro atoms. The first-order chi connectivity index (χ1) is 17.4. The second kappa shape index (κ2) is 10.2. The number of carbonyl (C=O) groups excluding carboxylic acids is 1. The highest BCUT2D eigenvalue weighted by atomic mass is 19.4. The van der Waals surface area contributed by atoms with Crippen molar-refractivity contribution in [1.82, 2.24) is 25.4 Å². The molecule has 1 fully saturated rings. The molecule has 1 saturated carbocycles. The topological polar surface area (TPSA) is 95.1 Å². The van der Waals surface area contributed by atoms with E-state index < -0.39 is 12.3 Å². The van der Waals surface area contributed by atoms with E-state index in [1.165, 1.54) is 0 Å². The van der Waals surface area contributed by atoms with Gasteiger partial charge >= 0.3 is 6.30 Å². The van der Waals surface area contributed by atoms with Gasteiger partial charge in [0.05, 0.1) is 11.7 Å². The van der Waals surface area contributed by atoms with Crippen LogP contribution in [0.15, 0.2) is 23.1 Å². The Morgan fingerprint density at radius 3 is 2.49 bits per heavy atom. The summed E-state index contributed by atoms with van der Waals surface area (Å²) in [6, 6.07) is 3.13. The summed E-state index contributed by atoms with van der Waals surface area (Å²) in [5, 5.41) is 9.91. The van der Waals surface area contributed by atoms with Gasteiger partial charge in [-0.1, -0.05) is 0 Å². The number of H-pyrrole nitrogens is 1. The van der Waals surface area contributed by atoms with Crippen molar-refractivity contribution in [3.63, 3.8) is 0 Å². The molecule has 0 saturated heterocycles. The Morgan fingerprint density at radius 1 is 1.19 bits per heavy atom. The number of fused-ring (bicyclic) bond motifs is 1. The van der Waals surface area contributed by atoms with E-state index in [-0.39, 0.29) is 24.1 Å². The van der Waals surface area contributed by atoms with Crippen LogP contribution in [0.2, 0.25) is 0 Å². The maximum absolute atomic E-state index is 13.3. The summed E-state index contributed by atoms with van der Waals surface area (Å²) in [7, 11) is 3.72. The van der Waals surface area contributed by atoms with Crippen LogP contribution >= 0.6 is 0 Å². The molecule has 0 aliphatic heterocycles. The first kappa shape index (κ1) is 26.7. The fraction of sp³-hybridized carbons (Fsp3) is 0.500. The quantitative estimate of drug-likeness (QED) is 0.430. The van der Waals surface area contributed by atoms with Gasteiger partial charge in [-0.05, 0) is 69.7 Å². The second-order valence-electron chi connectivity index (χ2n) is 9.98. The molecule has 1 aromatic carbocycles. The Balaban J connectivity index is 1.60. The van der Waals surface area contributed by atoms with Crippen LogP contribution in [0.25, 0.3) is 10.9 Å². The first-order valence-electron chi connectivity index (χ1n) is 12.4. The highest BCUT2D eigenvalue weighted by molar-refractivity contribution is 6.05. The van der Waals surface area contributed by atoms with Crippen LogP contribution < -0.4 is 21.1 Å². The van der Waals surface area contributed by atoms with E-state index in [9.17, 15) is 22.8 Å². The number of carbonyl (C=O) groups is 1. The summed E-state index contributed by atoms with van der Waals surface area (Å²) in [5.74, 6) is -0.312. The van der Waals surface area contributed by atoms with Gasteiger partial charge in [-0.15, -0.1) is 0 Å². The van der Waals surface area contributed by atoms with Crippen LogP contribution in [0.5, 0.6) is 0 Å². The van der Waals surface area contributed by atoms with Crippen molar-refractivity contribution in [3.05, 3.63) is 56.6 Å². The van der Waals surface area contributed by atoms with Gasteiger partial charge in [0.25, 0.3) is 11.5 Å². The fourth-order valence-corrected chi connectivity index (χ4v) is 5.45. The Kier molecular flexibility index (Phi) is 7.36. The molecular weight excluding hydrogens is 485 g/mol. The third-order valence-electron chi connectivity index (χ3n) is 7.41. The van der Waals surface area contributed by atoms with E-state index in [1.54, 1.807) is 23.1 Å². The van der Waals surface area contributed by atoms with E-state index in [0.717, 1.165) is 33.4 Å². The number of nitrogens with zero attached hydrogens (tertiary/aromatic N) is 3. The van der Waals surface area contributed by atoms with E-state index in [4.69, 9.17) is 0 Å². The standard InChI is InChI=1S/C26H33F3N6O2/c1-14-10-15(2)32-25(37)20(14)12-30-24(36)19-11-22(21-13-31-35(5)23(21)16(19)3)34(4)18-8-6-17(7-9-18)33-26(27,28)29/h10-11,13,17-18,33H,6-9,12H2,1-5H3,(H,30,36)(H,32,37). The average molecular weight is 519 g/mol. The minimum Gasteiger partial charge on any atom is -0.371 e. The number of aryl methyl sites for hydroxylation is 4. The summed E-state index contributed by atoms with van der Waals surface area (Å²) in [6.07, 6.45) is -0.620. The molecule has 2 aromatic heterocycles. The summed E-state index contributed by atoms with van der Waals surface area (Å²) < 4.78 is 39.9. The predicted molar refractivity (Wildman–Crippen MR) is 137 cm³/mol. The lowest BCUT2D eigenvalue weighted by molar-refractivity contribution is -0.166. The summed E-state index contributed by atoms with van der Waals surface area (Å²) >= 11 is 0. The number of hydrogen-bond acceptors (Lipinski definition) is 5. The molecule has 1 aliphatic rings. The van der Waals surface area contributed by atoms with Gasteiger partial charge in [0, 0.05) is 60.6 Å². The molecule has 0 radical (unpaired) electrons. The Morgan fingerprint density at radius 2 is 1.86 bits per heavy atom. The van der Waals surface area contributed by atoms with Gasteiger partial charge in [0.15, 0.2) is 0 Å². The first-order valence-corrected chi connectivity index (χ1v) is 12.4. The zero-order valence-electron chi connectivity index (χ0n) is 21.7. The second-order valence-corrected chi connectivity index (χ2v) is 9.98. The normalized spacial score (nSPS) is 18.3. The zero-order chi connectivity index (χ0) is 27.1. The van der Waals surface area contributed by atoms with E-state index in [0.29, 0.717) is 36.8 Å². The molecule has 37 heavy (non-hydrogen) atoms. The SMILES string of the molecule is Cc1cc(C)c(CNC(=O)c2cc(N(C)C3CCC(NC(F)(F)F)CC3)c3cnn(C)c3c2C)c(=O)[nH]1. The molecule has 4 rings (SSSR count). The third kappa shape index (κ3) is 5.66. The Bertz CT molecular complexity index is 1370. The molecule has 11 heteroatoms. The number of amides is 1. The van der Waals surface area contributed by atoms with Crippen molar-refractivity contribution < 1.29 is 18.0 Å². The maximum atomic E-state index is 13.3. The molecule has 1 aliphatic carbocycles. The summed E-state index contributed by atoms with van der Waals surface area (Å²) in [5.41, 5.74) is 4.67. The van der Waals surface area contributed by atoms with Crippen LogP contribution in [0.1, 0.15) is 58.4 Å². The molecule has 0 atom stereocenters. The lowest BCUT2D eigenvalue weighted by atomic mass is 9.89. The molecule has 1 amide bonds. The Labute approximate surface area is 213 Å². The molecular formula is C26H33F3N6O2. The van der Waals surface area contributed by atoms with E-state index in [1.807, 2.05) is 40.1 Å². The molecule has 8 nitrogen and oxygen atoms in total. The largest absolute Gasteiger partial charge is 0.457 e. The lowest BCUT2D eigenvalue weighted by Crippen LogP contribution is -2.46. The molecule has 3 aromatic rings. The van der Waals surface area contributed by atoms with E-state index in [2.05, 4.69) is 20.3 Å². The van der Waals surface area contributed by atoms with Crippen molar-refractivity contribution in [2.75, 3.05) is 11.9 Å². The van der Waals surface area contributed by atoms with Crippen molar-refractivity contribution >= 4 is 22.5 Å². The van der Waals surface area contributed by atoms with Crippen LogP contribution in [0.3, 0.4) is 0 Å². The van der Waals surface area contributed by atoms with E-state index >= 15 is 0 Å². The van der Waals surface area contributed by atoms with Crippen LogP contribution in [-0.2, 0) is 13.6 Å². The van der Waals surface area contributed by atoms with Gasteiger partial charge in [0.2, 0.25) is 0 Å². The van der Waals surface area contributed by atoms with Gasteiger partial charge in [0.1, 0.15) is 0 Å². The Hall–Kier alpha value is -3.34. The smallest absolute Gasteiger partial charge is 0.371 e. The van der Waals surface area contributed by atoms with Gasteiger partial charge < -0.3 is 15.2 Å². The van der Waals surface area contributed by atoms with Crippen LogP contribution in [0, 0.1) is 20.8 Å². The van der Waals surface area contributed by atoms with Crippen molar-refractivity contribution in [3.8, 4) is 0 Å². The zero-order valence-corrected chi connectivity index (χ0v) is 21.7. The number of pyridine rings is 1. The fourth-order valence-electron chi connectivity index (χ4n) is 5.45. The van der Waals surface area contributed by atoms with Crippen LogP contribution in [-0.4, -0.2) is 46.1 Å². The van der Waals surface area contributed by atoms with Crippen molar-refractivity contribution in [2.24, 2.45) is 7.05 Å². The van der Waals surface area contributed by atoms with Gasteiger partial charge in [-0.3, -0.25) is 14.3 Å². The molecule has 0 bridgehead atoms. The monoisotopic (exact) mass is 518 g/mol. The lowest BCUT2D eigenvalue weighted by Gasteiger charge is -2.37. The maximum Gasteiger partial charge on any atom is 0.457 e. The third-order valence-corrected chi connectivity index (χ3v) is 7.41. The summed E-state index contributed by atoms with van der Waals surface area (Å²) in [6.45, 7) is 5.59. The van der Waals surface area contributed by atoms with Crippen molar-refractivity contribution in [2.45, 2.75) is 71.4 Å². The summed E-state index contributed by atoms with van der Waals surface area (Å²) in [4.78, 5) is 30.6. The molecule has 0 unspecified atom stereocenters. The number of benzene rings is 1. The molecule has 200 valence electrons. The predicted octanol–water partition coefficient (Wildman–Crippen LogP) is 3.97. The average Bonchev–Trinajstić information content (AvgIpc) is 3.19. The minimum absolute atomic E-state index is 0.0297. The molecule has 3 N–H and O–H groups in total. The number of aromatic amines is 1. The number of aromatic nitrogens is 3. The number of nitrogens with one attached hydrogen (secondary N) is 3. The number of hydrogen-bond donors (Lipinski definition) is 3. The number of halogens is 3. The van der Waals surface area contributed by atoms with Crippen molar-refractivity contribution in [1.29, 1.82) is 0 Å². The highest BCUT2D eigenvalue weighted by Crippen LogP contribution is 2.35. The minimum atomic E-state index is -4.38. The van der Waals surface area contributed by atoms with Gasteiger partial charge in [-0.2, -0.15) is 18.3 Å².